The summed E-state index contributed by atoms with van der Waals surface area (Å²) in [5.74, 6) is 2.44. The highest BCUT2D eigenvalue weighted by Crippen LogP contribution is 2.38. The Morgan fingerprint density at radius 2 is 1.26 bits per heavy atom. The smallest absolute Gasteiger partial charge is 0.137 e. The SMILES string of the molecule is Cc1c(C)c(C)c(-c2cnn(-c3cc(Oc4ccc5c6ccccc6n(-c6cc(C(C)(C)C)ccn6)c5c4)cc(C(C)(C)C)c3)c2)c(C)c1C. The van der Waals surface area contributed by atoms with Gasteiger partial charge in [-0.15, -0.1) is 0 Å². The molecule has 7 aromatic rings. The molecule has 0 aliphatic carbocycles. The van der Waals surface area contributed by atoms with Gasteiger partial charge in [0.1, 0.15) is 17.3 Å². The largest absolute Gasteiger partial charge is 0.457 e. The number of para-hydroxylation sites is 1. The Kier molecular flexibility index (Phi) is 8.01. The third-order valence-corrected chi connectivity index (χ3v) is 10.6. The van der Waals surface area contributed by atoms with Crippen LogP contribution in [0.3, 0.4) is 0 Å². The molecule has 5 nitrogen and oxygen atoms in total. The highest BCUT2D eigenvalue weighted by molar-refractivity contribution is 6.09. The molecule has 0 spiro atoms. The van der Waals surface area contributed by atoms with Gasteiger partial charge < -0.3 is 4.74 Å². The molecule has 4 aromatic carbocycles. The summed E-state index contributed by atoms with van der Waals surface area (Å²) >= 11 is 0. The van der Waals surface area contributed by atoms with Gasteiger partial charge in [0.15, 0.2) is 0 Å². The molecule has 0 radical (unpaired) electrons. The molecule has 0 saturated heterocycles. The summed E-state index contributed by atoms with van der Waals surface area (Å²) < 4.78 is 11.0. The van der Waals surface area contributed by atoms with Crippen LogP contribution in [0.5, 0.6) is 11.5 Å². The van der Waals surface area contributed by atoms with Gasteiger partial charge in [0.05, 0.1) is 22.9 Å². The monoisotopic (exact) mass is 660 g/mol. The molecule has 5 heteroatoms. The third-order valence-electron chi connectivity index (χ3n) is 10.6. The lowest BCUT2D eigenvalue weighted by atomic mass is 9.86. The summed E-state index contributed by atoms with van der Waals surface area (Å²) in [6.45, 7) is 24.5. The Bertz CT molecular complexity index is 2400. The highest BCUT2D eigenvalue weighted by atomic mass is 16.5. The fourth-order valence-electron chi connectivity index (χ4n) is 7.14. The Morgan fingerprint density at radius 1 is 0.600 bits per heavy atom. The summed E-state index contributed by atoms with van der Waals surface area (Å²) in [5.41, 5.74) is 14.5. The molecule has 0 saturated carbocycles. The normalized spacial score (nSPS) is 12.3. The van der Waals surface area contributed by atoms with Crippen LogP contribution in [0.25, 0.3) is 44.4 Å². The lowest BCUT2D eigenvalue weighted by Gasteiger charge is -2.21. The van der Waals surface area contributed by atoms with E-state index in [-0.39, 0.29) is 10.8 Å². The van der Waals surface area contributed by atoms with Crippen molar-refractivity contribution in [2.75, 3.05) is 0 Å². The molecule has 50 heavy (non-hydrogen) atoms. The maximum atomic E-state index is 6.75. The van der Waals surface area contributed by atoms with Gasteiger partial charge in [-0.3, -0.25) is 4.57 Å². The molecule has 0 aliphatic heterocycles. The summed E-state index contributed by atoms with van der Waals surface area (Å²) in [6.07, 6.45) is 6.06. The fraction of sp³-hybridized carbons (Fsp3) is 0.289. The van der Waals surface area contributed by atoms with Crippen molar-refractivity contribution in [2.24, 2.45) is 0 Å². The topological polar surface area (TPSA) is 44.9 Å². The van der Waals surface area contributed by atoms with Crippen molar-refractivity contribution in [3.63, 3.8) is 0 Å². The van der Waals surface area contributed by atoms with Gasteiger partial charge in [-0.25, -0.2) is 9.67 Å². The van der Waals surface area contributed by atoms with E-state index in [0.29, 0.717) is 0 Å². The van der Waals surface area contributed by atoms with Crippen molar-refractivity contribution in [1.82, 2.24) is 19.3 Å². The maximum absolute atomic E-state index is 6.75. The molecule has 254 valence electrons. The number of fused-ring (bicyclic) bond motifs is 3. The summed E-state index contributed by atoms with van der Waals surface area (Å²) in [4.78, 5) is 4.85. The van der Waals surface area contributed by atoms with Gasteiger partial charge in [0.2, 0.25) is 0 Å². The minimum absolute atomic E-state index is 0.00548. The van der Waals surface area contributed by atoms with E-state index in [1.807, 2.05) is 17.1 Å². The second-order valence-electron chi connectivity index (χ2n) is 15.9. The van der Waals surface area contributed by atoms with Crippen molar-refractivity contribution in [3.8, 4) is 34.1 Å². The van der Waals surface area contributed by atoms with Crippen LogP contribution in [-0.4, -0.2) is 19.3 Å². The standard InChI is InChI=1S/C45H48N4O/c1-27-28(2)30(4)43(31(5)29(27)3)32-25-47-48(26-32)35-20-34(45(9,10)11)21-37(23-35)50-36-16-17-39-38-14-12-13-15-40(38)49(41(39)24-36)42-22-33(18-19-46-42)44(6,7)8/h12-26H,1-11H3. The number of nitrogens with zero attached hydrogens (tertiary/aromatic N) is 4. The second kappa shape index (κ2) is 12.0. The zero-order valence-corrected chi connectivity index (χ0v) is 31.4. The van der Waals surface area contributed by atoms with Crippen molar-refractivity contribution in [3.05, 3.63) is 130 Å². The van der Waals surface area contributed by atoms with Crippen LogP contribution in [0.2, 0.25) is 0 Å². The van der Waals surface area contributed by atoms with Gasteiger partial charge >= 0.3 is 0 Å². The molecule has 0 atom stereocenters. The maximum Gasteiger partial charge on any atom is 0.137 e. The Balaban J connectivity index is 1.33. The Hall–Kier alpha value is -5.16. The van der Waals surface area contributed by atoms with E-state index in [1.54, 1.807) is 0 Å². The molecule has 0 fully saturated rings. The lowest BCUT2D eigenvalue weighted by molar-refractivity contribution is 0.478. The molecule has 3 aromatic heterocycles. The molecule has 7 rings (SSSR count). The van der Waals surface area contributed by atoms with Crippen molar-refractivity contribution in [2.45, 2.75) is 87.0 Å². The molecular formula is C45H48N4O. The zero-order valence-electron chi connectivity index (χ0n) is 31.4. The van der Waals surface area contributed by atoms with Crippen LogP contribution in [0, 0.1) is 34.6 Å². The first-order valence-corrected chi connectivity index (χ1v) is 17.6. The van der Waals surface area contributed by atoms with Crippen LogP contribution in [0.15, 0.2) is 91.4 Å². The molecule has 0 unspecified atom stereocenters. The van der Waals surface area contributed by atoms with E-state index in [4.69, 9.17) is 14.8 Å². The number of pyridine rings is 1. The van der Waals surface area contributed by atoms with Gasteiger partial charge in [-0.05, 0) is 132 Å². The molecule has 0 bridgehead atoms. The van der Waals surface area contributed by atoms with Crippen LogP contribution in [0.1, 0.15) is 80.5 Å². The van der Waals surface area contributed by atoms with E-state index < -0.39 is 0 Å². The predicted molar refractivity (Wildman–Crippen MR) is 209 cm³/mol. The summed E-state index contributed by atoms with van der Waals surface area (Å²) in [7, 11) is 0. The average Bonchev–Trinajstić information content (AvgIpc) is 3.69. The van der Waals surface area contributed by atoms with Crippen molar-refractivity contribution >= 4 is 21.8 Å². The number of hydrogen-bond donors (Lipinski definition) is 0. The van der Waals surface area contributed by atoms with Crippen LogP contribution in [0.4, 0.5) is 0 Å². The molecule has 0 aliphatic rings. The highest BCUT2D eigenvalue weighted by Gasteiger charge is 2.21. The molecule has 0 amide bonds. The van der Waals surface area contributed by atoms with Crippen LogP contribution < -0.4 is 4.74 Å². The molecule has 0 N–H and O–H groups in total. The van der Waals surface area contributed by atoms with E-state index in [9.17, 15) is 0 Å². The first kappa shape index (κ1) is 33.3. The summed E-state index contributed by atoms with van der Waals surface area (Å²) in [6, 6.07) is 25.7. The molecular weight excluding hydrogens is 613 g/mol. The quantitative estimate of drug-likeness (QED) is 0.185. The molecule has 3 heterocycles. The Labute approximate surface area is 296 Å². The fourth-order valence-corrected chi connectivity index (χ4v) is 7.14. The van der Waals surface area contributed by atoms with E-state index in [0.717, 1.165) is 45.0 Å². The number of ether oxygens (including phenoxy) is 1. The van der Waals surface area contributed by atoms with Gasteiger partial charge in [-0.2, -0.15) is 5.10 Å². The van der Waals surface area contributed by atoms with Crippen molar-refractivity contribution in [1.29, 1.82) is 0 Å². The zero-order chi connectivity index (χ0) is 35.7. The first-order valence-electron chi connectivity index (χ1n) is 17.6. The van der Waals surface area contributed by atoms with Crippen LogP contribution >= 0.6 is 0 Å². The first-order chi connectivity index (χ1) is 23.6. The van der Waals surface area contributed by atoms with Crippen molar-refractivity contribution < 1.29 is 4.74 Å². The van der Waals surface area contributed by atoms with Crippen LogP contribution in [-0.2, 0) is 10.8 Å². The number of aromatic nitrogens is 4. The predicted octanol–water partition coefficient (Wildman–Crippen LogP) is 12.0. The third kappa shape index (κ3) is 5.79. The number of hydrogen-bond acceptors (Lipinski definition) is 3. The summed E-state index contributed by atoms with van der Waals surface area (Å²) in [5, 5.41) is 7.23. The second-order valence-corrected chi connectivity index (χ2v) is 15.9. The number of benzene rings is 4. The van der Waals surface area contributed by atoms with E-state index >= 15 is 0 Å². The lowest BCUT2D eigenvalue weighted by Crippen LogP contribution is -2.12. The van der Waals surface area contributed by atoms with Gasteiger partial charge in [0.25, 0.3) is 0 Å². The number of rotatable bonds is 5. The average molecular weight is 661 g/mol. The minimum Gasteiger partial charge on any atom is -0.457 e. The van der Waals surface area contributed by atoms with E-state index in [2.05, 4.69) is 160 Å². The minimum atomic E-state index is -0.0947. The van der Waals surface area contributed by atoms with E-state index in [1.165, 1.54) is 49.9 Å². The van der Waals surface area contributed by atoms with Gasteiger partial charge in [0, 0.05) is 40.9 Å². The Morgan fingerprint density at radius 3 is 1.96 bits per heavy atom. The van der Waals surface area contributed by atoms with Gasteiger partial charge in [-0.1, -0.05) is 59.7 Å².